The first-order valence-electron chi connectivity index (χ1n) is 7.04. The van der Waals surface area contributed by atoms with Gasteiger partial charge < -0.3 is 15.2 Å². The van der Waals surface area contributed by atoms with Crippen molar-refractivity contribution in [3.63, 3.8) is 0 Å². The highest BCUT2D eigenvalue weighted by Crippen LogP contribution is 2.38. The zero-order valence-electron chi connectivity index (χ0n) is 12.3. The molecule has 1 aliphatic rings. The van der Waals surface area contributed by atoms with Crippen LogP contribution in [0.25, 0.3) is 22.3 Å². The van der Waals surface area contributed by atoms with Crippen LogP contribution in [0.5, 0.6) is 11.5 Å². The molecule has 7 heteroatoms. The Morgan fingerprint density at radius 1 is 1.18 bits per heavy atom. The molecule has 2 N–H and O–H groups in total. The number of benzene rings is 1. The summed E-state index contributed by atoms with van der Waals surface area (Å²) in [6.45, 7) is 4.34. The van der Waals surface area contributed by atoms with Crippen LogP contribution in [0.2, 0.25) is 0 Å². The van der Waals surface area contributed by atoms with Gasteiger partial charge in [0.1, 0.15) is 17.8 Å². The van der Waals surface area contributed by atoms with Crippen molar-refractivity contribution in [3.8, 4) is 22.8 Å². The molecule has 22 heavy (non-hydrogen) atoms. The van der Waals surface area contributed by atoms with Crippen molar-refractivity contribution in [1.29, 1.82) is 0 Å². The third-order valence-corrected chi connectivity index (χ3v) is 3.65. The van der Waals surface area contributed by atoms with Crippen molar-refractivity contribution in [2.45, 2.75) is 19.9 Å². The van der Waals surface area contributed by atoms with Crippen LogP contribution in [0, 0.1) is 0 Å². The van der Waals surface area contributed by atoms with Gasteiger partial charge in [-0.1, -0.05) is 0 Å². The highest BCUT2D eigenvalue weighted by Gasteiger charge is 2.21. The van der Waals surface area contributed by atoms with Crippen LogP contribution in [0.1, 0.15) is 19.9 Å². The molecule has 0 saturated carbocycles. The Labute approximate surface area is 126 Å². The Balaban J connectivity index is 1.99. The Bertz CT molecular complexity index is 872. The Morgan fingerprint density at radius 3 is 2.82 bits per heavy atom. The van der Waals surface area contributed by atoms with Crippen molar-refractivity contribution < 1.29 is 9.47 Å². The molecule has 7 nitrogen and oxygen atoms in total. The number of ether oxygens (including phenoxy) is 2. The fourth-order valence-corrected chi connectivity index (χ4v) is 2.60. The molecule has 0 amide bonds. The van der Waals surface area contributed by atoms with Gasteiger partial charge in [0, 0.05) is 11.6 Å². The summed E-state index contributed by atoms with van der Waals surface area (Å²) < 4.78 is 12.6. The van der Waals surface area contributed by atoms with Crippen molar-refractivity contribution in [3.05, 3.63) is 24.5 Å². The summed E-state index contributed by atoms with van der Waals surface area (Å²) in [6, 6.07) is 5.88. The third kappa shape index (κ3) is 1.78. The highest BCUT2D eigenvalue weighted by atomic mass is 16.7. The van der Waals surface area contributed by atoms with Gasteiger partial charge in [-0.05, 0) is 32.0 Å². The van der Waals surface area contributed by atoms with Gasteiger partial charge in [-0.15, -0.1) is 0 Å². The molecule has 3 aromatic rings. The maximum atomic E-state index is 6.06. The highest BCUT2D eigenvalue weighted by molar-refractivity contribution is 5.98. The molecule has 3 heterocycles. The average molecular weight is 297 g/mol. The zero-order valence-corrected chi connectivity index (χ0v) is 12.3. The van der Waals surface area contributed by atoms with E-state index in [2.05, 4.69) is 15.1 Å². The summed E-state index contributed by atoms with van der Waals surface area (Å²) in [5.74, 6) is 1.87. The van der Waals surface area contributed by atoms with Crippen LogP contribution in [0.15, 0.2) is 24.5 Å². The van der Waals surface area contributed by atoms with Crippen molar-refractivity contribution in [1.82, 2.24) is 19.7 Å². The standard InChI is InChI=1S/C15H15N5O2/c1-8(2)20-15-12(14(16)17-6-18-15)13(19-20)9-3-4-10-11(5-9)22-7-21-10/h3-6,8H,7H2,1-2H3,(H2,16,17,18). The second-order valence-electron chi connectivity index (χ2n) is 5.41. The molecule has 112 valence electrons. The minimum atomic E-state index is 0.166. The number of nitrogens with two attached hydrogens (primary N) is 1. The van der Waals surface area contributed by atoms with E-state index in [0.29, 0.717) is 11.6 Å². The molecule has 0 unspecified atom stereocenters. The molecule has 0 radical (unpaired) electrons. The van der Waals surface area contributed by atoms with Gasteiger partial charge in [-0.2, -0.15) is 5.10 Å². The maximum absolute atomic E-state index is 6.06. The number of anilines is 1. The molecule has 0 bridgehead atoms. The lowest BCUT2D eigenvalue weighted by Gasteiger charge is -2.05. The van der Waals surface area contributed by atoms with E-state index in [1.54, 1.807) is 0 Å². The third-order valence-electron chi connectivity index (χ3n) is 3.65. The zero-order chi connectivity index (χ0) is 15.3. The van der Waals surface area contributed by atoms with Gasteiger partial charge in [-0.3, -0.25) is 0 Å². The lowest BCUT2D eigenvalue weighted by atomic mass is 10.1. The molecule has 0 saturated heterocycles. The fraction of sp³-hybridized carbons (Fsp3) is 0.267. The van der Waals surface area contributed by atoms with Crippen LogP contribution in [0.4, 0.5) is 5.82 Å². The second-order valence-corrected chi connectivity index (χ2v) is 5.41. The van der Waals surface area contributed by atoms with Crippen LogP contribution < -0.4 is 15.2 Å². The SMILES string of the molecule is CC(C)n1nc(-c2ccc3c(c2)OCO3)c2c(N)ncnc21. The van der Waals surface area contributed by atoms with Gasteiger partial charge in [-0.25, -0.2) is 14.6 Å². The number of rotatable bonds is 2. The van der Waals surface area contributed by atoms with E-state index in [1.165, 1.54) is 6.33 Å². The van der Waals surface area contributed by atoms with Gasteiger partial charge in [0.2, 0.25) is 6.79 Å². The Morgan fingerprint density at radius 2 is 2.00 bits per heavy atom. The van der Waals surface area contributed by atoms with E-state index < -0.39 is 0 Å². The van der Waals surface area contributed by atoms with E-state index >= 15 is 0 Å². The van der Waals surface area contributed by atoms with E-state index in [-0.39, 0.29) is 12.8 Å². The monoisotopic (exact) mass is 297 g/mol. The van der Waals surface area contributed by atoms with E-state index in [4.69, 9.17) is 15.2 Å². The van der Waals surface area contributed by atoms with E-state index in [9.17, 15) is 0 Å². The largest absolute Gasteiger partial charge is 0.454 e. The Kier molecular flexibility index (Phi) is 2.69. The molecule has 0 fully saturated rings. The molecule has 0 spiro atoms. The van der Waals surface area contributed by atoms with Gasteiger partial charge in [0.05, 0.1) is 5.39 Å². The van der Waals surface area contributed by atoms with Gasteiger partial charge >= 0.3 is 0 Å². The number of aromatic nitrogens is 4. The predicted molar refractivity (Wildman–Crippen MR) is 81.7 cm³/mol. The quantitative estimate of drug-likeness (QED) is 0.781. The number of hydrogen-bond acceptors (Lipinski definition) is 6. The van der Waals surface area contributed by atoms with Crippen molar-refractivity contribution >= 4 is 16.9 Å². The topological polar surface area (TPSA) is 88.1 Å². The van der Waals surface area contributed by atoms with E-state index in [0.717, 1.165) is 28.0 Å². The molecule has 1 aromatic carbocycles. The minimum absolute atomic E-state index is 0.166. The van der Waals surface area contributed by atoms with Crippen molar-refractivity contribution in [2.24, 2.45) is 0 Å². The number of fused-ring (bicyclic) bond motifs is 2. The minimum Gasteiger partial charge on any atom is -0.454 e. The summed E-state index contributed by atoms with van der Waals surface area (Å²) in [6.07, 6.45) is 1.46. The summed E-state index contributed by atoms with van der Waals surface area (Å²) in [5.41, 5.74) is 8.44. The molecule has 1 aliphatic heterocycles. The molecular formula is C15H15N5O2. The first-order valence-corrected chi connectivity index (χ1v) is 7.04. The molecule has 0 aliphatic carbocycles. The molecule has 4 rings (SSSR count). The lowest BCUT2D eigenvalue weighted by molar-refractivity contribution is 0.174. The van der Waals surface area contributed by atoms with Crippen LogP contribution in [0.3, 0.4) is 0 Å². The number of hydrogen-bond donors (Lipinski definition) is 1. The van der Waals surface area contributed by atoms with Gasteiger partial charge in [0.25, 0.3) is 0 Å². The summed E-state index contributed by atoms with van der Waals surface area (Å²) >= 11 is 0. The normalized spacial score (nSPS) is 13.2. The molecule has 2 aromatic heterocycles. The predicted octanol–water partition coefficient (Wildman–Crippen LogP) is 2.39. The van der Waals surface area contributed by atoms with Crippen molar-refractivity contribution in [2.75, 3.05) is 12.5 Å². The smallest absolute Gasteiger partial charge is 0.231 e. The summed E-state index contributed by atoms with van der Waals surface area (Å²) in [4.78, 5) is 8.43. The fourth-order valence-electron chi connectivity index (χ4n) is 2.60. The van der Waals surface area contributed by atoms with Crippen LogP contribution in [-0.4, -0.2) is 26.5 Å². The molecule has 0 atom stereocenters. The average Bonchev–Trinajstić information content (AvgIpc) is 3.11. The summed E-state index contributed by atoms with van der Waals surface area (Å²) in [7, 11) is 0. The first kappa shape index (κ1) is 12.9. The van der Waals surface area contributed by atoms with E-state index in [1.807, 2.05) is 36.7 Å². The Hall–Kier alpha value is -2.83. The second kappa shape index (κ2) is 4.59. The number of nitrogens with zero attached hydrogens (tertiary/aromatic N) is 4. The number of nitrogen functional groups attached to an aromatic ring is 1. The maximum Gasteiger partial charge on any atom is 0.231 e. The van der Waals surface area contributed by atoms with Crippen LogP contribution in [-0.2, 0) is 0 Å². The van der Waals surface area contributed by atoms with Gasteiger partial charge in [0.15, 0.2) is 17.1 Å². The molecular weight excluding hydrogens is 282 g/mol. The van der Waals surface area contributed by atoms with Crippen LogP contribution >= 0.6 is 0 Å². The summed E-state index contributed by atoms with van der Waals surface area (Å²) in [5, 5.41) is 5.44. The lowest BCUT2D eigenvalue weighted by Crippen LogP contribution is -2.04. The first-order chi connectivity index (χ1) is 10.6.